The van der Waals surface area contributed by atoms with E-state index in [-0.39, 0.29) is 24.0 Å². The minimum Gasteiger partial charge on any atom is -0.478 e. The molecule has 1 saturated heterocycles. The zero-order valence-electron chi connectivity index (χ0n) is 11.3. The summed E-state index contributed by atoms with van der Waals surface area (Å²) in [6.07, 6.45) is 0.695. The molecule has 0 saturated carbocycles. The molecule has 7 heteroatoms. The van der Waals surface area contributed by atoms with Crippen molar-refractivity contribution < 1.29 is 19.5 Å². The van der Waals surface area contributed by atoms with Gasteiger partial charge in [-0.3, -0.25) is 9.69 Å². The summed E-state index contributed by atoms with van der Waals surface area (Å²) < 4.78 is 0. The van der Waals surface area contributed by atoms with E-state index in [0.717, 1.165) is 5.56 Å². The normalized spacial score (nSPS) is 17.4. The predicted molar refractivity (Wildman–Crippen MR) is 74.4 cm³/mol. The van der Waals surface area contributed by atoms with E-state index in [1.807, 2.05) is 0 Å². The molecule has 2 heterocycles. The van der Waals surface area contributed by atoms with E-state index in [1.165, 1.54) is 11.0 Å². The average molecular weight is 289 g/mol. The highest BCUT2D eigenvalue weighted by Gasteiger charge is 2.31. The SMILES string of the molecule is O=C1CN(C(=O)N2CCc3ccc(C(=O)O)cc32)CCN1. The van der Waals surface area contributed by atoms with Crippen molar-refractivity contribution in [3.63, 3.8) is 0 Å². The summed E-state index contributed by atoms with van der Waals surface area (Å²) in [6.45, 7) is 1.47. The second kappa shape index (κ2) is 5.08. The summed E-state index contributed by atoms with van der Waals surface area (Å²) in [5.74, 6) is -1.19. The van der Waals surface area contributed by atoms with Crippen molar-refractivity contribution in [3.05, 3.63) is 29.3 Å². The predicted octanol–water partition coefficient (Wildman–Crippen LogP) is 0.299. The second-order valence-corrected chi connectivity index (χ2v) is 5.10. The Morgan fingerprint density at radius 1 is 1.24 bits per heavy atom. The highest BCUT2D eigenvalue weighted by Crippen LogP contribution is 2.30. The van der Waals surface area contributed by atoms with Gasteiger partial charge in [0.25, 0.3) is 0 Å². The number of carbonyl (C=O) groups excluding carboxylic acids is 2. The fraction of sp³-hybridized carbons (Fsp3) is 0.357. The minimum atomic E-state index is -1.02. The van der Waals surface area contributed by atoms with Gasteiger partial charge < -0.3 is 15.3 Å². The molecule has 2 N–H and O–H groups in total. The summed E-state index contributed by atoms with van der Waals surface area (Å²) in [5.41, 5.74) is 1.74. The fourth-order valence-corrected chi connectivity index (χ4v) is 2.68. The van der Waals surface area contributed by atoms with Crippen molar-refractivity contribution in [2.24, 2.45) is 0 Å². The zero-order chi connectivity index (χ0) is 15.0. The number of nitrogens with zero attached hydrogens (tertiary/aromatic N) is 2. The Labute approximate surface area is 121 Å². The summed E-state index contributed by atoms with van der Waals surface area (Å²) >= 11 is 0. The summed E-state index contributed by atoms with van der Waals surface area (Å²) in [6, 6.07) is 4.57. The van der Waals surface area contributed by atoms with Gasteiger partial charge in [-0.1, -0.05) is 6.07 Å². The van der Waals surface area contributed by atoms with Crippen LogP contribution in [0, 0.1) is 0 Å². The third-order valence-electron chi connectivity index (χ3n) is 3.77. The van der Waals surface area contributed by atoms with Crippen LogP contribution in [0.3, 0.4) is 0 Å². The number of amides is 3. The van der Waals surface area contributed by atoms with Gasteiger partial charge in [-0.2, -0.15) is 0 Å². The van der Waals surface area contributed by atoms with Gasteiger partial charge in [0.1, 0.15) is 6.54 Å². The first kappa shape index (κ1) is 13.4. The van der Waals surface area contributed by atoms with Crippen molar-refractivity contribution in [1.29, 1.82) is 0 Å². The molecule has 0 aliphatic carbocycles. The largest absolute Gasteiger partial charge is 0.478 e. The van der Waals surface area contributed by atoms with E-state index < -0.39 is 5.97 Å². The smallest absolute Gasteiger partial charge is 0.335 e. The van der Waals surface area contributed by atoms with E-state index in [0.29, 0.717) is 31.7 Å². The number of carbonyl (C=O) groups is 3. The van der Waals surface area contributed by atoms with Gasteiger partial charge in [0.05, 0.1) is 5.56 Å². The molecule has 2 aliphatic rings. The van der Waals surface area contributed by atoms with Crippen LogP contribution in [0.1, 0.15) is 15.9 Å². The Morgan fingerprint density at radius 3 is 2.76 bits per heavy atom. The Hall–Kier alpha value is -2.57. The van der Waals surface area contributed by atoms with Crippen LogP contribution in [0.4, 0.5) is 10.5 Å². The Balaban J connectivity index is 1.85. The third kappa shape index (κ3) is 2.42. The van der Waals surface area contributed by atoms with Crippen LogP contribution in [-0.2, 0) is 11.2 Å². The Morgan fingerprint density at radius 2 is 2.05 bits per heavy atom. The molecule has 0 unspecified atom stereocenters. The molecule has 0 bridgehead atoms. The fourth-order valence-electron chi connectivity index (χ4n) is 2.68. The number of anilines is 1. The number of hydrogen-bond donors (Lipinski definition) is 2. The second-order valence-electron chi connectivity index (χ2n) is 5.10. The maximum atomic E-state index is 12.5. The number of urea groups is 1. The van der Waals surface area contributed by atoms with Gasteiger partial charge in [-0.25, -0.2) is 9.59 Å². The van der Waals surface area contributed by atoms with Gasteiger partial charge in [0.2, 0.25) is 5.91 Å². The number of carboxylic acid groups (broad SMARTS) is 1. The summed E-state index contributed by atoms with van der Waals surface area (Å²) in [7, 11) is 0. The number of fused-ring (bicyclic) bond motifs is 1. The topological polar surface area (TPSA) is 90.0 Å². The van der Waals surface area contributed by atoms with Gasteiger partial charge in [-0.15, -0.1) is 0 Å². The van der Waals surface area contributed by atoms with Crippen LogP contribution in [0.15, 0.2) is 18.2 Å². The summed E-state index contributed by atoms with van der Waals surface area (Å²) in [4.78, 5) is 38.0. The quantitative estimate of drug-likeness (QED) is 0.778. The Kier molecular flexibility index (Phi) is 3.25. The van der Waals surface area contributed by atoms with Crippen LogP contribution < -0.4 is 10.2 Å². The van der Waals surface area contributed by atoms with Crippen molar-refractivity contribution >= 4 is 23.6 Å². The minimum absolute atomic E-state index is 0.0449. The lowest BCUT2D eigenvalue weighted by Gasteiger charge is -2.31. The van der Waals surface area contributed by atoms with Crippen LogP contribution in [0.2, 0.25) is 0 Å². The van der Waals surface area contributed by atoms with Crippen LogP contribution in [0.25, 0.3) is 0 Å². The van der Waals surface area contributed by atoms with E-state index >= 15 is 0 Å². The maximum absolute atomic E-state index is 12.5. The lowest BCUT2D eigenvalue weighted by Crippen LogP contribution is -2.53. The van der Waals surface area contributed by atoms with Crippen LogP contribution in [-0.4, -0.2) is 54.1 Å². The van der Waals surface area contributed by atoms with Gasteiger partial charge in [0.15, 0.2) is 0 Å². The van der Waals surface area contributed by atoms with Crippen molar-refractivity contribution in [2.45, 2.75) is 6.42 Å². The molecular formula is C14H15N3O4. The molecular weight excluding hydrogens is 274 g/mol. The highest BCUT2D eigenvalue weighted by atomic mass is 16.4. The molecule has 3 amide bonds. The molecule has 7 nitrogen and oxygen atoms in total. The monoisotopic (exact) mass is 289 g/mol. The lowest BCUT2D eigenvalue weighted by molar-refractivity contribution is -0.123. The van der Waals surface area contributed by atoms with Crippen LogP contribution >= 0.6 is 0 Å². The van der Waals surface area contributed by atoms with E-state index in [1.54, 1.807) is 17.0 Å². The molecule has 0 spiro atoms. The third-order valence-corrected chi connectivity index (χ3v) is 3.77. The number of piperazine rings is 1. The Bertz CT molecular complexity index is 629. The van der Waals surface area contributed by atoms with Crippen LogP contribution in [0.5, 0.6) is 0 Å². The first-order valence-electron chi connectivity index (χ1n) is 6.75. The van der Waals surface area contributed by atoms with Gasteiger partial charge in [-0.05, 0) is 24.1 Å². The number of hydrogen-bond acceptors (Lipinski definition) is 3. The van der Waals surface area contributed by atoms with Crippen molar-refractivity contribution in [2.75, 3.05) is 31.1 Å². The van der Waals surface area contributed by atoms with E-state index in [9.17, 15) is 14.4 Å². The number of nitrogens with one attached hydrogen (secondary N) is 1. The molecule has 0 atom stereocenters. The average Bonchev–Trinajstić information content (AvgIpc) is 2.89. The standard InChI is InChI=1S/C14H15N3O4/c18-12-8-16(6-4-15-12)14(21)17-5-3-9-1-2-10(13(19)20)7-11(9)17/h1-2,7H,3-6,8H2,(H,15,18)(H,19,20). The first-order chi connectivity index (χ1) is 10.1. The lowest BCUT2D eigenvalue weighted by atomic mass is 10.1. The highest BCUT2D eigenvalue weighted by molar-refractivity contribution is 5.98. The molecule has 1 aromatic rings. The molecule has 1 aromatic carbocycles. The number of benzene rings is 1. The molecule has 110 valence electrons. The molecule has 2 aliphatic heterocycles. The first-order valence-corrected chi connectivity index (χ1v) is 6.75. The van der Waals surface area contributed by atoms with Gasteiger partial charge >= 0.3 is 12.0 Å². The molecule has 3 rings (SSSR count). The van der Waals surface area contributed by atoms with Crippen molar-refractivity contribution in [1.82, 2.24) is 10.2 Å². The van der Waals surface area contributed by atoms with Gasteiger partial charge in [0, 0.05) is 25.3 Å². The maximum Gasteiger partial charge on any atom is 0.335 e. The number of aromatic carboxylic acids is 1. The van der Waals surface area contributed by atoms with E-state index in [2.05, 4.69) is 5.32 Å². The summed E-state index contributed by atoms with van der Waals surface area (Å²) in [5, 5.41) is 11.7. The van der Waals surface area contributed by atoms with E-state index in [4.69, 9.17) is 5.11 Å². The molecule has 1 fully saturated rings. The molecule has 21 heavy (non-hydrogen) atoms. The van der Waals surface area contributed by atoms with Crippen molar-refractivity contribution in [3.8, 4) is 0 Å². The number of rotatable bonds is 1. The molecule has 0 aromatic heterocycles. The molecule has 0 radical (unpaired) electrons. The zero-order valence-corrected chi connectivity index (χ0v) is 11.3. The number of carboxylic acids is 1.